The lowest BCUT2D eigenvalue weighted by Gasteiger charge is -2.34. The smallest absolute Gasteiger partial charge is 0.354 e. The average Bonchev–Trinajstić information content (AvgIpc) is 2.86. The highest BCUT2D eigenvalue weighted by atomic mass is 16.5. The Morgan fingerprint density at radius 3 is 2.48 bits per heavy atom. The number of nitrogens with zero attached hydrogens (tertiary/aromatic N) is 2. The fourth-order valence-corrected chi connectivity index (χ4v) is 2.17. The Hall–Kier alpha value is -2.21. The van der Waals surface area contributed by atoms with Crippen LogP contribution in [0.5, 0.6) is 0 Å². The lowest BCUT2D eigenvalue weighted by Crippen LogP contribution is -2.50. The average molecular weight is 290 g/mol. The van der Waals surface area contributed by atoms with Crippen molar-refractivity contribution in [3.05, 3.63) is 35.9 Å². The van der Waals surface area contributed by atoms with Gasteiger partial charge in [0.2, 0.25) is 0 Å². The van der Waals surface area contributed by atoms with E-state index in [1.54, 1.807) is 44.2 Å². The van der Waals surface area contributed by atoms with Crippen molar-refractivity contribution in [2.24, 2.45) is 11.0 Å². The van der Waals surface area contributed by atoms with E-state index in [1.165, 1.54) is 7.11 Å². The normalized spacial score (nSPS) is 21.4. The molecule has 6 heteroatoms. The highest BCUT2D eigenvalue weighted by molar-refractivity contribution is 6.37. The molecular formula is C15H18N2O4. The molecule has 112 valence electrons. The first-order valence-corrected chi connectivity index (χ1v) is 6.68. The standard InChI is InChI=1S/C15H18N2O4/c1-10(2)15(20)9-12(14(19)21-3)16-17(15)13(18)11-7-5-4-6-8-11/h4-8,10,20H,9H2,1-3H3. The summed E-state index contributed by atoms with van der Waals surface area (Å²) in [5, 5.41) is 15.7. The fraction of sp³-hybridized carbons (Fsp3) is 0.400. The molecule has 1 heterocycles. The van der Waals surface area contributed by atoms with Crippen LogP contribution in [0.1, 0.15) is 30.6 Å². The Kier molecular flexibility index (Phi) is 4.09. The molecule has 0 fully saturated rings. The molecule has 1 aliphatic heterocycles. The predicted molar refractivity (Wildman–Crippen MR) is 76.5 cm³/mol. The van der Waals surface area contributed by atoms with Gasteiger partial charge in [-0.2, -0.15) is 10.1 Å². The molecule has 0 saturated heterocycles. The van der Waals surface area contributed by atoms with Crippen molar-refractivity contribution in [2.75, 3.05) is 7.11 Å². The zero-order valence-corrected chi connectivity index (χ0v) is 12.2. The maximum Gasteiger partial charge on any atom is 0.354 e. The van der Waals surface area contributed by atoms with Gasteiger partial charge in [-0.15, -0.1) is 0 Å². The van der Waals surface area contributed by atoms with E-state index in [0.717, 1.165) is 5.01 Å². The van der Waals surface area contributed by atoms with Gasteiger partial charge in [0.15, 0.2) is 11.4 Å². The third-order valence-corrected chi connectivity index (χ3v) is 3.57. The highest BCUT2D eigenvalue weighted by Crippen LogP contribution is 2.33. The lowest BCUT2D eigenvalue weighted by atomic mass is 9.94. The van der Waals surface area contributed by atoms with Gasteiger partial charge in [0.25, 0.3) is 5.91 Å². The van der Waals surface area contributed by atoms with Crippen LogP contribution in [0.15, 0.2) is 35.4 Å². The van der Waals surface area contributed by atoms with Gasteiger partial charge in [-0.3, -0.25) is 4.79 Å². The minimum atomic E-state index is -1.53. The van der Waals surface area contributed by atoms with Crippen LogP contribution in [-0.4, -0.2) is 40.5 Å². The molecule has 2 rings (SSSR count). The Bertz CT molecular complexity index is 583. The Morgan fingerprint density at radius 1 is 1.33 bits per heavy atom. The van der Waals surface area contributed by atoms with E-state index in [1.807, 2.05) is 0 Å². The van der Waals surface area contributed by atoms with Crippen molar-refractivity contribution in [1.82, 2.24) is 5.01 Å². The molecule has 1 unspecified atom stereocenters. The second kappa shape index (κ2) is 5.65. The molecule has 0 aromatic heterocycles. The summed E-state index contributed by atoms with van der Waals surface area (Å²) in [7, 11) is 1.24. The fourth-order valence-electron chi connectivity index (χ4n) is 2.17. The summed E-state index contributed by atoms with van der Waals surface area (Å²) in [6, 6.07) is 8.51. The van der Waals surface area contributed by atoms with Crippen LogP contribution in [0.25, 0.3) is 0 Å². The van der Waals surface area contributed by atoms with Gasteiger partial charge in [-0.25, -0.2) is 4.79 Å². The highest BCUT2D eigenvalue weighted by Gasteiger charge is 2.48. The van der Waals surface area contributed by atoms with Crippen molar-refractivity contribution >= 4 is 17.6 Å². The van der Waals surface area contributed by atoms with Crippen molar-refractivity contribution in [3.63, 3.8) is 0 Å². The maximum absolute atomic E-state index is 12.5. The number of methoxy groups -OCH3 is 1. The number of hydrazone groups is 1. The van der Waals surface area contributed by atoms with E-state index in [-0.39, 0.29) is 18.1 Å². The van der Waals surface area contributed by atoms with Gasteiger partial charge in [0, 0.05) is 17.9 Å². The van der Waals surface area contributed by atoms with E-state index in [2.05, 4.69) is 9.84 Å². The molecule has 1 atom stereocenters. The van der Waals surface area contributed by atoms with Gasteiger partial charge < -0.3 is 9.84 Å². The minimum absolute atomic E-state index is 0.0398. The van der Waals surface area contributed by atoms with Gasteiger partial charge >= 0.3 is 5.97 Å². The van der Waals surface area contributed by atoms with E-state index in [9.17, 15) is 14.7 Å². The first-order valence-electron chi connectivity index (χ1n) is 6.68. The molecule has 0 bridgehead atoms. The summed E-state index contributed by atoms with van der Waals surface area (Å²) in [6.07, 6.45) is -0.0457. The molecule has 1 aromatic rings. The van der Waals surface area contributed by atoms with E-state index in [0.29, 0.717) is 5.56 Å². The number of benzene rings is 1. The first-order chi connectivity index (χ1) is 9.90. The molecule has 1 aromatic carbocycles. The number of carbonyl (C=O) groups excluding carboxylic acids is 2. The number of esters is 1. The lowest BCUT2D eigenvalue weighted by molar-refractivity contribution is -0.133. The number of aliphatic hydroxyl groups is 1. The van der Waals surface area contributed by atoms with Crippen molar-refractivity contribution in [3.8, 4) is 0 Å². The van der Waals surface area contributed by atoms with Crippen molar-refractivity contribution in [2.45, 2.75) is 26.0 Å². The number of hydrogen-bond acceptors (Lipinski definition) is 5. The predicted octanol–water partition coefficient (Wildman–Crippen LogP) is 1.41. The second-order valence-electron chi connectivity index (χ2n) is 5.23. The SMILES string of the molecule is COC(=O)C1=NN(C(=O)c2ccccc2)C(O)(C(C)C)C1. The largest absolute Gasteiger partial charge is 0.464 e. The van der Waals surface area contributed by atoms with Gasteiger partial charge in [0.1, 0.15) is 0 Å². The zero-order chi connectivity index (χ0) is 15.6. The van der Waals surface area contributed by atoms with Gasteiger partial charge in [0.05, 0.1) is 7.11 Å². The Balaban J connectivity index is 2.39. The van der Waals surface area contributed by atoms with Crippen LogP contribution in [0, 0.1) is 5.92 Å². The van der Waals surface area contributed by atoms with Crippen LogP contribution in [0.3, 0.4) is 0 Å². The molecule has 0 radical (unpaired) electrons. The molecule has 0 spiro atoms. The number of carbonyl (C=O) groups is 2. The molecule has 0 aliphatic carbocycles. The second-order valence-corrected chi connectivity index (χ2v) is 5.23. The van der Waals surface area contributed by atoms with E-state index < -0.39 is 17.6 Å². The summed E-state index contributed by atoms with van der Waals surface area (Å²) in [5.41, 5.74) is -1.10. The summed E-state index contributed by atoms with van der Waals surface area (Å²) >= 11 is 0. The molecule has 21 heavy (non-hydrogen) atoms. The number of hydrogen-bond donors (Lipinski definition) is 1. The topological polar surface area (TPSA) is 79.2 Å². The van der Waals surface area contributed by atoms with Crippen LogP contribution < -0.4 is 0 Å². The minimum Gasteiger partial charge on any atom is -0.464 e. The molecule has 1 aliphatic rings. The molecule has 0 saturated carbocycles. The molecule has 1 N–H and O–H groups in total. The van der Waals surface area contributed by atoms with Gasteiger partial charge in [-0.1, -0.05) is 32.0 Å². The van der Waals surface area contributed by atoms with E-state index in [4.69, 9.17) is 0 Å². The third-order valence-electron chi connectivity index (χ3n) is 3.57. The summed E-state index contributed by atoms with van der Waals surface area (Å²) in [4.78, 5) is 24.2. The molecule has 6 nitrogen and oxygen atoms in total. The van der Waals surface area contributed by atoms with Crippen LogP contribution in [0.4, 0.5) is 0 Å². The number of amides is 1. The number of ether oxygens (including phenoxy) is 1. The first kappa shape index (κ1) is 15.2. The quantitative estimate of drug-likeness (QED) is 0.854. The Morgan fingerprint density at radius 2 is 1.95 bits per heavy atom. The summed E-state index contributed by atoms with van der Waals surface area (Å²) < 4.78 is 4.62. The maximum atomic E-state index is 12.5. The monoisotopic (exact) mass is 290 g/mol. The van der Waals surface area contributed by atoms with Crippen LogP contribution in [-0.2, 0) is 9.53 Å². The summed E-state index contributed by atoms with van der Waals surface area (Å²) in [5.74, 6) is -1.39. The number of rotatable bonds is 3. The van der Waals surface area contributed by atoms with Crippen molar-refractivity contribution < 1.29 is 19.4 Å². The Labute approximate surface area is 123 Å². The van der Waals surface area contributed by atoms with Gasteiger partial charge in [-0.05, 0) is 12.1 Å². The van der Waals surface area contributed by atoms with Crippen LogP contribution >= 0.6 is 0 Å². The third kappa shape index (κ3) is 2.67. The van der Waals surface area contributed by atoms with E-state index >= 15 is 0 Å². The molecule has 1 amide bonds. The van der Waals surface area contributed by atoms with Crippen LogP contribution in [0.2, 0.25) is 0 Å². The molecular weight excluding hydrogens is 272 g/mol. The van der Waals surface area contributed by atoms with Crippen molar-refractivity contribution in [1.29, 1.82) is 0 Å². The summed E-state index contributed by atoms with van der Waals surface area (Å²) in [6.45, 7) is 3.53. The zero-order valence-electron chi connectivity index (χ0n) is 12.2.